The molecule has 0 aromatic heterocycles. The van der Waals surface area contributed by atoms with Crippen molar-refractivity contribution in [2.45, 2.75) is 6.04 Å². The van der Waals surface area contributed by atoms with E-state index in [-0.39, 0.29) is 6.54 Å². The maximum Gasteiger partial charge on any atom is 0.130 e. The van der Waals surface area contributed by atoms with Gasteiger partial charge < -0.3 is 0 Å². The van der Waals surface area contributed by atoms with E-state index in [0.29, 0.717) is 10.0 Å². The average Bonchev–Trinajstić information content (AvgIpc) is 2.21. The number of rotatable bonds is 3. The second-order valence-corrected chi connectivity index (χ2v) is 3.73. The number of nitrogens with zero attached hydrogens (tertiary/aromatic N) is 1. The summed E-state index contributed by atoms with van der Waals surface area (Å²) in [5.41, 5.74) is 0.302. The fourth-order valence-corrected chi connectivity index (χ4v) is 1.45. The van der Waals surface area contributed by atoms with Crippen LogP contribution in [0.3, 0.4) is 0 Å². The van der Waals surface area contributed by atoms with Gasteiger partial charge in [-0.1, -0.05) is 27.9 Å². The summed E-state index contributed by atoms with van der Waals surface area (Å²) in [6, 6.07) is 5.79. The van der Waals surface area contributed by atoms with Crippen molar-refractivity contribution in [3.8, 4) is 18.4 Å². The van der Waals surface area contributed by atoms with Crippen LogP contribution in [0.25, 0.3) is 0 Å². The van der Waals surface area contributed by atoms with Crippen LogP contribution in [0.4, 0.5) is 4.39 Å². The lowest BCUT2D eigenvalue weighted by atomic mass is 10.1. The number of benzene rings is 1. The first-order valence-corrected chi connectivity index (χ1v) is 4.99. The summed E-state index contributed by atoms with van der Waals surface area (Å²) in [6.07, 6.45) is 5.05. The van der Waals surface area contributed by atoms with Gasteiger partial charge in [-0.25, -0.2) is 4.39 Å². The molecule has 0 radical (unpaired) electrons. The number of hydrogen-bond acceptors (Lipinski definition) is 2. The smallest absolute Gasteiger partial charge is 0.130 e. The Bertz CT molecular complexity index is 431. The predicted molar refractivity (Wildman–Crippen MR) is 59.3 cm³/mol. The second kappa shape index (κ2) is 5.50. The van der Waals surface area contributed by atoms with Gasteiger partial charge in [0.25, 0.3) is 0 Å². The average molecular weight is 267 g/mol. The molecule has 0 amide bonds. The summed E-state index contributed by atoms with van der Waals surface area (Å²) in [7, 11) is 0. The first-order chi connectivity index (χ1) is 7.19. The van der Waals surface area contributed by atoms with Crippen LogP contribution < -0.4 is 5.32 Å². The highest BCUT2D eigenvalue weighted by Gasteiger charge is 2.13. The Kier molecular flexibility index (Phi) is 4.30. The van der Waals surface area contributed by atoms with Crippen molar-refractivity contribution in [1.29, 1.82) is 5.26 Å². The van der Waals surface area contributed by atoms with E-state index >= 15 is 0 Å². The standard InChI is InChI=1S/C11H8BrFN2/c1-2-5-15-11(7-14)9-4-3-8(12)6-10(9)13/h1,3-4,6,11,15H,5H2. The molecule has 1 N–H and O–H groups in total. The third-order valence-corrected chi connectivity index (χ3v) is 2.30. The lowest BCUT2D eigenvalue weighted by Crippen LogP contribution is -2.21. The van der Waals surface area contributed by atoms with Gasteiger partial charge in [0.15, 0.2) is 0 Å². The minimum Gasteiger partial charge on any atom is -0.287 e. The number of hydrogen-bond donors (Lipinski definition) is 1. The van der Waals surface area contributed by atoms with E-state index in [0.717, 1.165) is 0 Å². The number of halogens is 2. The molecule has 4 heteroatoms. The molecule has 0 bridgehead atoms. The summed E-state index contributed by atoms with van der Waals surface area (Å²) in [5, 5.41) is 11.6. The molecule has 76 valence electrons. The van der Waals surface area contributed by atoms with Crippen molar-refractivity contribution < 1.29 is 4.39 Å². The van der Waals surface area contributed by atoms with Gasteiger partial charge in [0.2, 0.25) is 0 Å². The minimum absolute atomic E-state index is 0.230. The zero-order valence-corrected chi connectivity index (χ0v) is 9.38. The largest absolute Gasteiger partial charge is 0.287 e. The molecule has 0 aliphatic rings. The van der Waals surface area contributed by atoms with Crippen LogP contribution in [-0.4, -0.2) is 6.54 Å². The Balaban J connectivity index is 2.94. The maximum atomic E-state index is 13.4. The quantitative estimate of drug-likeness (QED) is 0.853. The molecule has 0 heterocycles. The van der Waals surface area contributed by atoms with Gasteiger partial charge in [0.1, 0.15) is 11.9 Å². The molecule has 2 nitrogen and oxygen atoms in total. The van der Waals surface area contributed by atoms with E-state index in [9.17, 15) is 4.39 Å². The van der Waals surface area contributed by atoms with Crippen molar-refractivity contribution in [2.75, 3.05) is 6.54 Å². The molecule has 0 fully saturated rings. The molecule has 0 aliphatic heterocycles. The Morgan fingerprint density at radius 2 is 2.33 bits per heavy atom. The highest BCUT2D eigenvalue weighted by molar-refractivity contribution is 9.10. The van der Waals surface area contributed by atoms with Gasteiger partial charge in [0.05, 0.1) is 12.6 Å². The zero-order valence-electron chi connectivity index (χ0n) is 7.80. The van der Waals surface area contributed by atoms with Crippen molar-refractivity contribution >= 4 is 15.9 Å². The SMILES string of the molecule is C#CCNC(C#N)c1ccc(Br)cc1F. The van der Waals surface area contributed by atoms with Crippen molar-refractivity contribution in [3.63, 3.8) is 0 Å². The normalized spacial score (nSPS) is 11.5. The van der Waals surface area contributed by atoms with Crippen LogP contribution in [0.2, 0.25) is 0 Å². The summed E-state index contributed by atoms with van der Waals surface area (Å²) in [6.45, 7) is 0.230. The van der Waals surface area contributed by atoms with Gasteiger partial charge in [-0.15, -0.1) is 6.42 Å². The van der Waals surface area contributed by atoms with E-state index in [1.165, 1.54) is 6.07 Å². The molecule has 1 rings (SSSR count). The first-order valence-electron chi connectivity index (χ1n) is 4.20. The third-order valence-electron chi connectivity index (χ3n) is 1.81. The summed E-state index contributed by atoms with van der Waals surface area (Å²) in [4.78, 5) is 0. The maximum absolute atomic E-state index is 13.4. The summed E-state index contributed by atoms with van der Waals surface area (Å²) < 4.78 is 14.1. The third kappa shape index (κ3) is 3.06. The van der Waals surface area contributed by atoms with Crippen LogP contribution >= 0.6 is 15.9 Å². The molecule has 0 saturated carbocycles. The Morgan fingerprint density at radius 3 is 2.87 bits per heavy atom. The molecule has 1 aromatic rings. The van der Waals surface area contributed by atoms with Gasteiger partial charge in [-0.05, 0) is 12.1 Å². The zero-order chi connectivity index (χ0) is 11.3. The molecule has 0 saturated heterocycles. The van der Waals surface area contributed by atoms with Crippen molar-refractivity contribution in [3.05, 3.63) is 34.1 Å². The van der Waals surface area contributed by atoms with Crippen molar-refractivity contribution in [1.82, 2.24) is 5.32 Å². The van der Waals surface area contributed by atoms with E-state index in [1.54, 1.807) is 12.1 Å². The number of nitrogens with one attached hydrogen (secondary N) is 1. The molecule has 0 spiro atoms. The van der Waals surface area contributed by atoms with Crippen LogP contribution in [0, 0.1) is 29.5 Å². The Hall–Kier alpha value is -1.36. The predicted octanol–water partition coefficient (Wildman–Crippen LogP) is 2.38. The van der Waals surface area contributed by atoms with Crippen LogP contribution in [0.15, 0.2) is 22.7 Å². The van der Waals surface area contributed by atoms with Crippen molar-refractivity contribution in [2.24, 2.45) is 0 Å². The van der Waals surface area contributed by atoms with E-state index in [2.05, 4.69) is 27.2 Å². The van der Waals surface area contributed by atoms with Crippen LogP contribution in [0.1, 0.15) is 11.6 Å². The van der Waals surface area contributed by atoms with Gasteiger partial charge in [-0.3, -0.25) is 5.32 Å². The Labute approximate surface area is 96.2 Å². The monoisotopic (exact) mass is 266 g/mol. The number of terminal acetylenes is 1. The minimum atomic E-state index is -0.714. The lowest BCUT2D eigenvalue weighted by Gasteiger charge is -2.10. The van der Waals surface area contributed by atoms with Crippen LogP contribution in [-0.2, 0) is 0 Å². The molecule has 0 aliphatic carbocycles. The van der Waals surface area contributed by atoms with Crippen LogP contribution in [0.5, 0.6) is 0 Å². The molecular formula is C11H8BrFN2. The molecule has 1 unspecified atom stereocenters. The first kappa shape index (κ1) is 11.7. The highest BCUT2D eigenvalue weighted by atomic mass is 79.9. The number of nitriles is 1. The van der Waals surface area contributed by atoms with E-state index < -0.39 is 11.9 Å². The summed E-state index contributed by atoms with van der Waals surface area (Å²) >= 11 is 3.14. The fourth-order valence-electron chi connectivity index (χ4n) is 1.12. The van der Waals surface area contributed by atoms with Gasteiger partial charge in [-0.2, -0.15) is 5.26 Å². The summed E-state index contributed by atoms with van der Waals surface area (Å²) in [5.74, 6) is 1.91. The molecular weight excluding hydrogens is 259 g/mol. The Morgan fingerprint density at radius 1 is 1.60 bits per heavy atom. The fraction of sp³-hybridized carbons (Fsp3) is 0.182. The van der Waals surface area contributed by atoms with Gasteiger partial charge in [0, 0.05) is 10.0 Å². The second-order valence-electron chi connectivity index (χ2n) is 2.81. The van der Waals surface area contributed by atoms with E-state index in [4.69, 9.17) is 11.7 Å². The van der Waals surface area contributed by atoms with E-state index in [1.807, 2.05) is 6.07 Å². The molecule has 15 heavy (non-hydrogen) atoms. The molecule has 1 aromatic carbocycles. The highest BCUT2D eigenvalue weighted by Crippen LogP contribution is 2.20. The van der Waals surface area contributed by atoms with Gasteiger partial charge >= 0.3 is 0 Å². The molecule has 1 atom stereocenters. The topological polar surface area (TPSA) is 35.8 Å². The lowest BCUT2D eigenvalue weighted by molar-refractivity contribution is 0.578.